The van der Waals surface area contributed by atoms with E-state index in [-0.39, 0.29) is 18.1 Å². The fourth-order valence-electron chi connectivity index (χ4n) is 4.27. The fraction of sp³-hybridized carbons (Fsp3) is 0.0625. The highest BCUT2D eigenvalue weighted by atomic mass is 16.5. The van der Waals surface area contributed by atoms with Crippen molar-refractivity contribution in [2.24, 2.45) is 0 Å². The van der Waals surface area contributed by atoms with Gasteiger partial charge in [-0.3, -0.25) is 14.4 Å². The van der Waals surface area contributed by atoms with Crippen LogP contribution in [0.3, 0.4) is 0 Å². The lowest BCUT2D eigenvalue weighted by Crippen LogP contribution is -2.57. The Morgan fingerprint density at radius 3 is 1.95 bits per heavy atom. The minimum Gasteiger partial charge on any atom is -0.484 e. The van der Waals surface area contributed by atoms with Gasteiger partial charge < -0.3 is 10.1 Å². The number of ether oxygens (including phenoxy) is 1. The van der Waals surface area contributed by atoms with Gasteiger partial charge in [0.2, 0.25) is 0 Å². The highest BCUT2D eigenvalue weighted by Gasteiger charge is 2.43. The standard InChI is InChI=1S/C32H25N3O5/c1-22-10-8-12-24(18-22)33-29(36)21-40-27-17-9-11-23(19-27)20-28-30(37)34(25-13-4-2-5-14-25)32(39)35(31(28)38)26-15-6-3-7-16-26/h2-20H,21H2,1H3,(H,33,36). The molecule has 1 N–H and O–H groups in total. The average Bonchev–Trinajstić information content (AvgIpc) is 2.96. The Labute approximate surface area is 231 Å². The molecule has 0 spiro atoms. The third kappa shape index (κ3) is 5.66. The van der Waals surface area contributed by atoms with Crippen molar-refractivity contribution in [1.29, 1.82) is 0 Å². The number of imide groups is 2. The van der Waals surface area contributed by atoms with Crippen molar-refractivity contribution >= 4 is 46.9 Å². The summed E-state index contributed by atoms with van der Waals surface area (Å²) < 4.78 is 5.67. The molecule has 0 aromatic heterocycles. The maximum absolute atomic E-state index is 13.5. The summed E-state index contributed by atoms with van der Waals surface area (Å²) >= 11 is 0. The molecule has 4 aromatic carbocycles. The first kappa shape index (κ1) is 26.1. The Kier molecular flexibility index (Phi) is 7.50. The van der Waals surface area contributed by atoms with Gasteiger partial charge in [-0.15, -0.1) is 0 Å². The van der Waals surface area contributed by atoms with Crippen molar-refractivity contribution < 1.29 is 23.9 Å². The Morgan fingerprint density at radius 1 is 0.750 bits per heavy atom. The topological polar surface area (TPSA) is 96.0 Å². The fourth-order valence-corrected chi connectivity index (χ4v) is 4.27. The average molecular weight is 532 g/mol. The minimum atomic E-state index is -0.763. The second kappa shape index (κ2) is 11.5. The summed E-state index contributed by atoms with van der Waals surface area (Å²) in [4.78, 5) is 54.8. The van der Waals surface area contributed by atoms with Crippen LogP contribution in [-0.4, -0.2) is 30.4 Å². The zero-order valence-corrected chi connectivity index (χ0v) is 21.6. The molecule has 5 amide bonds. The molecule has 0 radical (unpaired) electrons. The van der Waals surface area contributed by atoms with Gasteiger partial charge in [0, 0.05) is 5.69 Å². The lowest BCUT2D eigenvalue weighted by atomic mass is 10.0. The van der Waals surface area contributed by atoms with Crippen molar-refractivity contribution in [2.75, 3.05) is 21.7 Å². The predicted octanol–water partition coefficient (Wildman–Crippen LogP) is 5.60. The third-order valence-electron chi connectivity index (χ3n) is 6.12. The van der Waals surface area contributed by atoms with Gasteiger partial charge in [-0.05, 0) is 72.7 Å². The number of hydrogen-bond acceptors (Lipinski definition) is 5. The number of aryl methyl sites for hydroxylation is 1. The first-order valence-electron chi connectivity index (χ1n) is 12.5. The summed E-state index contributed by atoms with van der Waals surface area (Å²) in [5, 5.41) is 2.78. The summed E-state index contributed by atoms with van der Waals surface area (Å²) in [7, 11) is 0. The van der Waals surface area contributed by atoms with E-state index in [4.69, 9.17) is 4.74 Å². The summed E-state index contributed by atoms with van der Waals surface area (Å²) in [6.45, 7) is 1.70. The number of rotatable bonds is 7. The first-order valence-corrected chi connectivity index (χ1v) is 12.5. The zero-order valence-electron chi connectivity index (χ0n) is 21.6. The zero-order chi connectivity index (χ0) is 28.1. The van der Waals surface area contributed by atoms with Gasteiger partial charge in [0.15, 0.2) is 6.61 Å². The summed E-state index contributed by atoms with van der Waals surface area (Å²) in [6.07, 6.45) is 1.42. The number of urea groups is 1. The molecule has 1 aliphatic heterocycles. The lowest BCUT2D eigenvalue weighted by molar-refractivity contribution is -0.121. The van der Waals surface area contributed by atoms with Gasteiger partial charge >= 0.3 is 6.03 Å². The molecule has 0 atom stereocenters. The molecule has 1 saturated heterocycles. The highest BCUT2D eigenvalue weighted by molar-refractivity contribution is 6.46. The van der Waals surface area contributed by atoms with E-state index in [9.17, 15) is 19.2 Å². The van der Waals surface area contributed by atoms with Gasteiger partial charge in [0.05, 0.1) is 11.4 Å². The quantitative estimate of drug-likeness (QED) is 0.248. The summed E-state index contributed by atoms with van der Waals surface area (Å²) in [6, 6.07) is 30.2. The molecule has 4 aromatic rings. The lowest BCUT2D eigenvalue weighted by Gasteiger charge is -2.33. The minimum absolute atomic E-state index is 0.193. The van der Waals surface area contributed by atoms with Crippen LogP contribution < -0.4 is 19.9 Å². The highest BCUT2D eigenvalue weighted by Crippen LogP contribution is 2.30. The maximum atomic E-state index is 13.5. The van der Waals surface area contributed by atoms with Crippen LogP contribution in [0.2, 0.25) is 0 Å². The number of carbonyl (C=O) groups is 4. The number of barbiturate groups is 1. The Hall–Kier alpha value is -5.50. The normalized spacial score (nSPS) is 13.3. The van der Waals surface area contributed by atoms with Crippen LogP contribution in [0.1, 0.15) is 11.1 Å². The molecular weight excluding hydrogens is 506 g/mol. The number of hydrogen-bond donors (Lipinski definition) is 1. The first-order chi connectivity index (χ1) is 19.4. The number of nitrogens with zero attached hydrogens (tertiary/aromatic N) is 2. The van der Waals surface area contributed by atoms with Crippen molar-refractivity contribution in [1.82, 2.24) is 0 Å². The van der Waals surface area contributed by atoms with E-state index >= 15 is 0 Å². The number of amides is 5. The third-order valence-corrected chi connectivity index (χ3v) is 6.12. The van der Waals surface area contributed by atoms with Crippen LogP contribution in [0.4, 0.5) is 21.9 Å². The molecule has 1 aliphatic rings. The smallest absolute Gasteiger partial charge is 0.343 e. The number of nitrogens with one attached hydrogen (secondary N) is 1. The maximum Gasteiger partial charge on any atom is 0.343 e. The van der Waals surface area contributed by atoms with Gasteiger partial charge in [-0.25, -0.2) is 14.6 Å². The number of para-hydroxylation sites is 2. The van der Waals surface area contributed by atoms with Crippen LogP contribution in [0.15, 0.2) is 115 Å². The van der Waals surface area contributed by atoms with E-state index in [1.807, 2.05) is 25.1 Å². The largest absolute Gasteiger partial charge is 0.484 e. The molecule has 0 aliphatic carbocycles. The van der Waals surface area contributed by atoms with Crippen LogP contribution in [-0.2, 0) is 14.4 Å². The number of anilines is 3. The van der Waals surface area contributed by atoms with Crippen molar-refractivity contribution in [3.8, 4) is 5.75 Å². The van der Waals surface area contributed by atoms with E-state index in [2.05, 4.69) is 5.32 Å². The number of carbonyl (C=O) groups excluding carboxylic acids is 4. The molecule has 1 fully saturated rings. The second-order valence-corrected chi connectivity index (χ2v) is 9.07. The molecule has 0 saturated carbocycles. The molecular formula is C32H25N3O5. The van der Waals surface area contributed by atoms with Crippen molar-refractivity contribution in [3.05, 3.63) is 126 Å². The van der Waals surface area contributed by atoms with Gasteiger partial charge in [0.25, 0.3) is 17.7 Å². The van der Waals surface area contributed by atoms with E-state index < -0.39 is 17.8 Å². The molecule has 5 rings (SSSR count). The molecule has 1 heterocycles. The van der Waals surface area contributed by atoms with E-state index in [1.54, 1.807) is 91.0 Å². The second-order valence-electron chi connectivity index (χ2n) is 9.07. The molecule has 8 heteroatoms. The summed E-state index contributed by atoms with van der Waals surface area (Å²) in [5.41, 5.74) is 2.67. The molecule has 198 valence electrons. The van der Waals surface area contributed by atoms with Crippen LogP contribution >= 0.6 is 0 Å². The Balaban J connectivity index is 1.41. The van der Waals surface area contributed by atoms with Gasteiger partial charge in [-0.1, -0.05) is 60.7 Å². The molecule has 8 nitrogen and oxygen atoms in total. The number of benzene rings is 4. The van der Waals surface area contributed by atoms with Crippen LogP contribution in [0.5, 0.6) is 5.75 Å². The van der Waals surface area contributed by atoms with Crippen LogP contribution in [0, 0.1) is 6.92 Å². The summed E-state index contributed by atoms with van der Waals surface area (Å²) in [5.74, 6) is -1.43. The van der Waals surface area contributed by atoms with Gasteiger partial charge in [0.1, 0.15) is 11.3 Å². The van der Waals surface area contributed by atoms with Crippen LogP contribution in [0.25, 0.3) is 6.08 Å². The van der Waals surface area contributed by atoms with Crippen molar-refractivity contribution in [3.63, 3.8) is 0 Å². The monoisotopic (exact) mass is 531 g/mol. The Bertz CT molecular complexity index is 1550. The molecule has 0 bridgehead atoms. The predicted molar refractivity (Wildman–Crippen MR) is 153 cm³/mol. The molecule has 0 unspecified atom stereocenters. The van der Waals surface area contributed by atoms with Gasteiger partial charge in [-0.2, -0.15) is 0 Å². The van der Waals surface area contributed by atoms with E-state index in [0.717, 1.165) is 15.4 Å². The van der Waals surface area contributed by atoms with E-state index in [1.165, 1.54) is 6.08 Å². The van der Waals surface area contributed by atoms with Crippen molar-refractivity contribution in [2.45, 2.75) is 6.92 Å². The molecule has 40 heavy (non-hydrogen) atoms. The van der Waals surface area contributed by atoms with E-state index in [0.29, 0.717) is 28.4 Å². The Morgan fingerprint density at radius 2 is 1.35 bits per heavy atom. The SMILES string of the molecule is Cc1cccc(NC(=O)COc2cccc(C=C3C(=O)N(c4ccccc4)C(=O)N(c4ccccc4)C3=O)c2)c1.